The van der Waals surface area contributed by atoms with Crippen LogP contribution in [0.2, 0.25) is 0 Å². The molecule has 0 atom stereocenters. The van der Waals surface area contributed by atoms with E-state index in [9.17, 15) is 4.79 Å². The molecule has 0 spiro atoms. The molecular formula is C22H26N4O2S. The maximum Gasteiger partial charge on any atom is 0.234 e. The molecule has 0 aliphatic rings. The van der Waals surface area contributed by atoms with Crippen LogP contribution in [0.1, 0.15) is 28.1 Å². The van der Waals surface area contributed by atoms with E-state index in [1.807, 2.05) is 62.7 Å². The van der Waals surface area contributed by atoms with Gasteiger partial charge in [0.05, 0.1) is 5.75 Å². The number of benzene rings is 2. The summed E-state index contributed by atoms with van der Waals surface area (Å²) in [6.45, 7) is 8.44. The van der Waals surface area contributed by atoms with Crippen LogP contribution < -0.4 is 10.1 Å². The molecule has 0 aliphatic carbocycles. The quantitative estimate of drug-likeness (QED) is 0.586. The third kappa shape index (κ3) is 5.17. The number of thioether (sulfide) groups is 1. The van der Waals surface area contributed by atoms with E-state index >= 15 is 0 Å². The summed E-state index contributed by atoms with van der Waals surface area (Å²) in [4.78, 5) is 12.3. The summed E-state index contributed by atoms with van der Waals surface area (Å²) in [5, 5.41) is 12.0. The molecule has 152 valence electrons. The largest absolute Gasteiger partial charge is 0.485 e. The van der Waals surface area contributed by atoms with Gasteiger partial charge in [-0.25, -0.2) is 0 Å². The zero-order valence-electron chi connectivity index (χ0n) is 17.4. The van der Waals surface area contributed by atoms with Crippen molar-refractivity contribution < 1.29 is 9.53 Å². The molecule has 3 rings (SSSR count). The van der Waals surface area contributed by atoms with Crippen molar-refractivity contribution in [2.45, 2.75) is 39.5 Å². The summed E-state index contributed by atoms with van der Waals surface area (Å²) < 4.78 is 7.77. The molecule has 6 nitrogen and oxygen atoms in total. The van der Waals surface area contributed by atoms with E-state index in [1.54, 1.807) is 0 Å². The van der Waals surface area contributed by atoms with E-state index in [0.717, 1.165) is 22.6 Å². The molecule has 3 aromatic rings. The molecule has 7 heteroatoms. The second-order valence-electron chi connectivity index (χ2n) is 7.10. The van der Waals surface area contributed by atoms with Crippen molar-refractivity contribution in [3.8, 4) is 5.75 Å². The smallest absolute Gasteiger partial charge is 0.234 e. The summed E-state index contributed by atoms with van der Waals surface area (Å²) >= 11 is 1.35. The first kappa shape index (κ1) is 20.9. The summed E-state index contributed by atoms with van der Waals surface area (Å²) in [5.74, 6) is 1.74. The number of ether oxygens (including phenoxy) is 1. The highest BCUT2D eigenvalue weighted by atomic mass is 32.2. The topological polar surface area (TPSA) is 69.0 Å². The normalized spacial score (nSPS) is 10.8. The van der Waals surface area contributed by atoms with Gasteiger partial charge in [-0.2, -0.15) is 0 Å². The van der Waals surface area contributed by atoms with E-state index in [2.05, 4.69) is 28.5 Å². The molecule has 29 heavy (non-hydrogen) atoms. The number of nitrogens with zero attached hydrogens (tertiary/aromatic N) is 3. The number of hydrogen-bond acceptors (Lipinski definition) is 5. The Morgan fingerprint density at radius 1 is 1.10 bits per heavy atom. The van der Waals surface area contributed by atoms with Crippen LogP contribution in [-0.4, -0.2) is 26.4 Å². The Bertz CT molecular complexity index is 1030. The van der Waals surface area contributed by atoms with Crippen molar-refractivity contribution in [2.24, 2.45) is 7.05 Å². The van der Waals surface area contributed by atoms with Crippen LogP contribution >= 0.6 is 11.8 Å². The number of hydrogen-bond donors (Lipinski definition) is 1. The average molecular weight is 411 g/mol. The molecule has 0 radical (unpaired) electrons. The molecule has 0 fully saturated rings. The zero-order chi connectivity index (χ0) is 21.0. The molecule has 1 heterocycles. The van der Waals surface area contributed by atoms with Crippen molar-refractivity contribution >= 4 is 23.4 Å². The first-order valence-corrected chi connectivity index (χ1v) is 10.4. The highest BCUT2D eigenvalue weighted by Crippen LogP contribution is 2.23. The van der Waals surface area contributed by atoms with Crippen LogP contribution in [0.5, 0.6) is 5.75 Å². The third-order valence-electron chi connectivity index (χ3n) is 4.83. The third-order valence-corrected chi connectivity index (χ3v) is 5.85. The lowest BCUT2D eigenvalue weighted by Crippen LogP contribution is -2.15. The van der Waals surface area contributed by atoms with Gasteiger partial charge in [0.2, 0.25) is 5.91 Å². The van der Waals surface area contributed by atoms with E-state index in [-0.39, 0.29) is 11.7 Å². The van der Waals surface area contributed by atoms with Crippen LogP contribution in [0.25, 0.3) is 0 Å². The summed E-state index contributed by atoms with van der Waals surface area (Å²) in [6, 6.07) is 11.9. The lowest BCUT2D eigenvalue weighted by atomic mass is 10.1. The van der Waals surface area contributed by atoms with Gasteiger partial charge in [-0.05, 0) is 56.5 Å². The van der Waals surface area contributed by atoms with Gasteiger partial charge in [-0.3, -0.25) is 4.79 Å². The minimum atomic E-state index is -0.0712. The predicted octanol–water partition coefficient (Wildman–Crippen LogP) is 4.36. The van der Waals surface area contributed by atoms with Crippen LogP contribution in [0, 0.1) is 27.7 Å². The zero-order valence-corrected chi connectivity index (χ0v) is 18.3. The predicted molar refractivity (Wildman–Crippen MR) is 117 cm³/mol. The Morgan fingerprint density at radius 2 is 1.90 bits per heavy atom. The number of carbonyl (C=O) groups excluding carboxylic acids is 1. The Morgan fingerprint density at radius 3 is 2.66 bits per heavy atom. The second-order valence-corrected chi connectivity index (χ2v) is 8.04. The molecule has 1 aromatic heterocycles. The Kier molecular flexibility index (Phi) is 6.59. The Balaban J connectivity index is 1.56. The number of carbonyl (C=O) groups is 1. The summed E-state index contributed by atoms with van der Waals surface area (Å²) in [6.07, 6.45) is 0. The molecule has 0 unspecified atom stereocenters. The van der Waals surface area contributed by atoms with Crippen molar-refractivity contribution in [2.75, 3.05) is 11.1 Å². The lowest BCUT2D eigenvalue weighted by Gasteiger charge is -2.11. The fraction of sp³-hybridized carbons (Fsp3) is 0.318. The van der Waals surface area contributed by atoms with Crippen molar-refractivity contribution in [1.29, 1.82) is 0 Å². The van der Waals surface area contributed by atoms with E-state index < -0.39 is 0 Å². The number of nitrogens with one attached hydrogen (secondary N) is 1. The molecule has 0 aliphatic heterocycles. The van der Waals surface area contributed by atoms with Gasteiger partial charge >= 0.3 is 0 Å². The van der Waals surface area contributed by atoms with Gasteiger partial charge < -0.3 is 14.6 Å². The SMILES string of the molecule is Cc1ccc(NC(=O)CSc2nnc(COc3cccc(C)c3C)n2C)c(C)c1. The molecule has 0 saturated heterocycles. The van der Waals surface area contributed by atoms with Crippen molar-refractivity contribution in [3.63, 3.8) is 0 Å². The van der Waals surface area contributed by atoms with Crippen LogP contribution in [0.3, 0.4) is 0 Å². The summed E-state index contributed by atoms with van der Waals surface area (Å²) in [7, 11) is 1.88. The Labute approximate surface area is 175 Å². The average Bonchev–Trinajstić information content (AvgIpc) is 3.03. The number of amides is 1. The minimum absolute atomic E-state index is 0.0712. The van der Waals surface area contributed by atoms with Gasteiger partial charge in [0, 0.05) is 12.7 Å². The van der Waals surface area contributed by atoms with Gasteiger partial charge in [0.1, 0.15) is 12.4 Å². The number of rotatable bonds is 7. The van der Waals surface area contributed by atoms with E-state index in [0.29, 0.717) is 17.6 Å². The minimum Gasteiger partial charge on any atom is -0.485 e. The number of aryl methyl sites for hydroxylation is 3. The molecule has 1 amide bonds. The van der Waals surface area contributed by atoms with Gasteiger partial charge in [0.15, 0.2) is 11.0 Å². The lowest BCUT2D eigenvalue weighted by molar-refractivity contribution is -0.113. The van der Waals surface area contributed by atoms with E-state index in [1.165, 1.54) is 22.9 Å². The van der Waals surface area contributed by atoms with Crippen LogP contribution in [0.4, 0.5) is 5.69 Å². The van der Waals surface area contributed by atoms with Crippen LogP contribution in [0.15, 0.2) is 41.6 Å². The monoisotopic (exact) mass is 410 g/mol. The van der Waals surface area contributed by atoms with Crippen LogP contribution in [-0.2, 0) is 18.4 Å². The number of aromatic nitrogens is 3. The first-order chi connectivity index (χ1) is 13.8. The molecular weight excluding hydrogens is 384 g/mol. The molecule has 2 aromatic carbocycles. The maximum absolute atomic E-state index is 12.3. The fourth-order valence-electron chi connectivity index (χ4n) is 2.89. The maximum atomic E-state index is 12.3. The molecule has 1 N–H and O–H groups in total. The number of anilines is 1. The summed E-state index contributed by atoms with van der Waals surface area (Å²) in [5.41, 5.74) is 5.36. The highest BCUT2D eigenvalue weighted by Gasteiger charge is 2.13. The second kappa shape index (κ2) is 9.13. The van der Waals surface area contributed by atoms with Gasteiger partial charge in [-0.15, -0.1) is 10.2 Å². The fourth-order valence-corrected chi connectivity index (χ4v) is 3.62. The van der Waals surface area contributed by atoms with Gasteiger partial charge in [0.25, 0.3) is 0 Å². The molecule has 0 saturated carbocycles. The van der Waals surface area contributed by atoms with Gasteiger partial charge in [-0.1, -0.05) is 41.6 Å². The molecule has 0 bridgehead atoms. The van der Waals surface area contributed by atoms with E-state index in [4.69, 9.17) is 4.74 Å². The van der Waals surface area contributed by atoms with Crippen molar-refractivity contribution in [3.05, 3.63) is 64.5 Å². The first-order valence-electron chi connectivity index (χ1n) is 9.42. The standard InChI is InChI=1S/C22H26N4O2S/c1-14-9-10-18(16(3)11-14)23-21(27)13-29-22-25-24-20(26(22)5)12-28-19-8-6-7-15(2)17(19)4/h6-11H,12-13H2,1-5H3,(H,23,27). The Hall–Kier alpha value is -2.80. The van der Waals surface area contributed by atoms with Crippen molar-refractivity contribution in [1.82, 2.24) is 14.8 Å². The highest BCUT2D eigenvalue weighted by molar-refractivity contribution is 7.99.